The minimum Gasteiger partial charge on any atom is -0.331 e. The van der Waals surface area contributed by atoms with E-state index in [0.717, 1.165) is 43.0 Å². The average molecular weight is 337 g/mol. The molecule has 25 heavy (non-hydrogen) atoms. The van der Waals surface area contributed by atoms with Crippen LogP contribution in [0.1, 0.15) is 61.6 Å². The smallest absolute Gasteiger partial charge is 0.274 e. The molecule has 1 amide bonds. The number of aromatic nitrogens is 2. The molecule has 1 heterocycles. The summed E-state index contributed by atoms with van der Waals surface area (Å²) in [5.74, 6) is 0.923. The molecular weight excluding hydrogens is 310 g/mol. The Balaban J connectivity index is 1.59. The first kappa shape index (κ1) is 16.4. The summed E-state index contributed by atoms with van der Waals surface area (Å²) < 4.78 is 1.88. The maximum Gasteiger partial charge on any atom is 0.274 e. The molecule has 0 unspecified atom stereocenters. The van der Waals surface area contributed by atoms with Gasteiger partial charge in [-0.3, -0.25) is 4.79 Å². The van der Waals surface area contributed by atoms with Gasteiger partial charge in [0.25, 0.3) is 5.91 Å². The molecule has 132 valence electrons. The molecule has 2 fully saturated rings. The van der Waals surface area contributed by atoms with Gasteiger partial charge in [0.2, 0.25) is 0 Å². The van der Waals surface area contributed by atoms with Crippen LogP contribution in [-0.4, -0.2) is 32.7 Å². The maximum atomic E-state index is 13.3. The first-order valence-electron chi connectivity index (χ1n) is 9.58. The number of para-hydroxylation sites is 1. The molecule has 0 spiro atoms. The van der Waals surface area contributed by atoms with Gasteiger partial charge in [0, 0.05) is 17.8 Å². The number of nitrogens with zero attached hydrogens (tertiary/aromatic N) is 3. The lowest BCUT2D eigenvalue weighted by molar-refractivity contribution is 0.0586. The zero-order valence-electron chi connectivity index (χ0n) is 15.2. The molecule has 0 N–H and O–H groups in total. The molecule has 4 heteroatoms. The zero-order valence-corrected chi connectivity index (χ0v) is 15.2. The van der Waals surface area contributed by atoms with Gasteiger partial charge in [-0.25, -0.2) is 4.68 Å². The zero-order chi connectivity index (χ0) is 17.4. The van der Waals surface area contributed by atoms with Gasteiger partial charge in [0.1, 0.15) is 0 Å². The monoisotopic (exact) mass is 337 g/mol. The van der Waals surface area contributed by atoms with Crippen LogP contribution < -0.4 is 0 Å². The molecule has 0 atom stereocenters. The summed E-state index contributed by atoms with van der Waals surface area (Å²) in [4.78, 5) is 15.4. The van der Waals surface area contributed by atoms with Crippen LogP contribution in [0.2, 0.25) is 0 Å². The number of benzene rings is 1. The molecular formula is C21H27N3O. The van der Waals surface area contributed by atoms with Crippen LogP contribution in [0.15, 0.2) is 36.4 Å². The topological polar surface area (TPSA) is 38.1 Å². The summed E-state index contributed by atoms with van der Waals surface area (Å²) in [5.41, 5.74) is 2.60. The van der Waals surface area contributed by atoms with E-state index in [4.69, 9.17) is 0 Å². The highest BCUT2D eigenvalue weighted by Crippen LogP contribution is 2.36. The van der Waals surface area contributed by atoms with Gasteiger partial charge in [-0.1, -0.05) is 25.1 Å². The number of aryl methyl sites for hydroxylation is 1. The number of rotatable bonds is 4. The van der Waals surface area contributed by atoms with Gasteiger partial charge in [-0.05, 0) is 69.6 Å². The third-order valence-corrected chi connectivity index (χ3v) is 5.66. The minimum atomic E-state index is 0.125. The molecule has 0 aliphatic heterocycles. The Labute approximate surface area is 149 Å². The third kappa shape index (κ3) is 3.35. The highest BCUT2D eigenvalue weighted by Gasteiger charge is 2.39. The Bertz CT molecular complexity index is 740. The molecule has 0 bridgehead atoms. The van der Waals surface area contributed by atoms with E-state index in [1.807, 2.05) is 48.0 Å². The Morgan fingerprint density at radius 3 is 2.24 bits per heavy atom. The molecule has 2 aliphatic carbocycles. The van der Waals surface area contributed by atoms with E-state index in [1.54, 1.807) is 0 Å². The summed E-state index contributed by atoms with van der Waals surface area (Å²) in [6.45, 7) is 4.34. The van der Waals surface area contributed by atoms with Crippen molar-refractivity contribution < 1.29 is 4.79 Å². The van der Waals surface area contributed by atoms with Crippen LogP contribution in [0.3, 0.4) is 0 Å². The second-order valence-corrected chi connectivity index (χ2v) is 7.78. The van der Waals surface area contributed by atoms with Crippen molar-refractivity contribution in [1.29, 1.82) is 0 Å². The Morgan fingerprint density at radius 1 is 1.04 bits per heavy atom. The Kier molecular flexibility index (Phi) is 4.36. The van der Waals surface area contributed by atoms with Crippen molar-refractivity contribution in [3.8, 4) is 5.69 Å². The number of amides is 1. The van der Waals surface area contributed by atoms with Gasteiger partial charge in [0.15, 0.2) is 5.69 Å². The van der Waals surface area contributed by atoms with Gasteiger partial charge in [-0.15, -0.1) is 0 Å². The standard InChI is InChI=1S/C21H27N3O/c1-15-8-10-17(11-9-15)23(18-12-13-18)21(25)20-14-16(2)24(22-20)19-6-4-3-5-7-19/h3-7,14-15,17-18H,8-13H2,1-2H3. The van der Waals surface area contributed by atoms with Crippen LogP contribution in [0.5, 0.6) is 0 Å². The fraction of sp³-hybridized carbons (Fsp3) is 0.524. The van der Waals surface area contributed by atoms with Gasteiger partial charge in [-0.2, -0.15) is 5.10 Å². The van der Waals surface area contributed by atoms with Gasteiger partial charge in [0.05, 0.1) is 5.69 Å². The van der Waals surface area contributed by atoms with Crippen LogP contribution >= 0.6 is 0 Å². The van der Waals surface area contributed by atoms with E-state index in [2.05, 4.69) is 16.9 Å². The SMILES string of the molecule is Cc1cc(C(=O)N(C2CCC(C)CC2)C2CC2)nn1-c1ccccc1. The Morgan fingerprint density at radius 2 is 1.64 bits per heavy atom. The third-order valence-electron chi connectivity index (χ3n) is 5.66. The van der Waals surface area contributed by atoms with E-state index in [0.29, 0.717) is 17.8 Å². The molecule has 1 aromatic carbocycles. The summed E-state index contributed by atoms with van der Waals surface area (Å²) >= 11 is 0. The highest BCUT2D eigenvalue weighted by molar-refractivity contribution is 5.93. The summed E-state index contributed by atoms with van der Waals surface area (Å²) in [7, 11) is 0. The van der Waals surface area contributed by atoms with Crippen LogP contribution in [-0.2, 0) is 0 Å². The fourth-order valence-corrected chi connectivity index (χ4v) is 4.04. The Hall–Kier alpha value is -2.10. The molecule has 2 saturated carbocycles. The second-order valence-electron chi connectivity index (χ2n) is 7.78. The quantitative estimate of drug-likeness (QED) is 0.831. The lowest BCUT2D eigenvalue weighted by atomic mass is 9.86. The molecule has 4 nitrogen and oxygen atoms in total. The van der Waals surface area contributed by atoms with Crippen LogP contribution in [0, 0.1) is 12.8 Å². The second kappa shape index (κ2) is 6.66. The summed E-state index contributed by atoms with van der Waals surface area (Å²) in [6.07, 6.45) is 7.05. The predicted molar refractivity (Wildman–Crippen MR) is 98.9 cm³/mol. The number of hydrogen-bond donors (Lipinski definition) is 0. The maximum absolute atomic E-state index is 13.3. The number of carbonyl (C=O) groups excluding carboxylic acids is 1. The van der Waals surface area contributed by atoms with Crippen molar-refractivity contribution in [3.63, 3.8) is 0 Å². The molecule has 0 radical (unpaired) electrons. The van der Waals surface area contributed by atoms with Gasteiger partial charge < -0.3 is 4.90 Å². The highest BCUT2D eigenvalue weighted by atomic mass is 16.2. The molecule has 1 aromatic heterocycles. The lowest BCUT2D eigenvalue weighted by Gasteiger charge is -2.36. The molecule has 0 saturated heterocycles. The van der Waals surface area contributed by atoms with Gasteiger partial charge >= 0.3 is 0 Å². The van der Waals surface area contributed by atoms with E-state index in [1.165, 1.54) is 12.8 Å². The lowest BCUT2D eigenvalue weighted by Crippen LogP contribution is -2.44. The van der Waals surface area contributed by atoms with E-state index in [9.17, 15) is 4.79 Å². The summed E-state index contributed by atoms with van der Waals surface area (Å²) in [6, 6.07) is 12.8. The number of carbonyl (C=O) groups is 1. The van der Waals surface area contributed by atoms with E-state index >= 15 is 0 Å². The van der Waals surface area contributed by atoms with Crippen molar-refractivity contribution >= 4 is 5.91 Å². The molecule has 2 aliphatic rings. The number of hydrogen-bond acceptors (Lipinski definition) is 2. The van der Waals surface area contributed by atoms with Crippen LogP contribution in [0.25, 0.3) is 5.69 Å². The van der Waals surface area contributed by atoms with Crippen molar-refractivity contribution in [2.45, 2.75) is 64.5 Å². The largest absolute Gasteiger partial charge is 0.331 e. The van der Waals surface area contributed by atoms with Crippen molar-refractivity contribution in [3.05, 3.63) is 47.8 Å². The van der Waals surface area contributed by atoms with Crippen molar-refractivity contribution in [1.82, 2.24) is 14.7 Å². The first-order valence-corrected chi connectivity index (χ1v) is 9.58. The molecule has 4 rings (SSSR count). The van der Waals surface area contributed by atoms with Crippen molar-refractivity contribution in [2.24, 2.45) is 5.92 Å². The van der Waals surface area contributed by atoms with Crippen LogP contribution in [0.4, 0.5) is 0 Å². The van der Waals surface area contributed by atoms with E-state index < -0.39 is 0 Å². The molecule has 2 aromatic rings. The summed E-state index contributed by atoms with van der Waals surface area (Å²) in [5, 5.41) is 4.65. The van der Waals surface area contributed by atoms with E-state index in [-0.39, 0.29) is 5.91 Å². The average Bonchev–Trinajstić information content (AvgIpc) is 3.38. The van der Waals surface area contributed by atoms with Crippen molar-refractivity contribution in [2.75, 3.05) is 0 Å². The normalized spacial score (nSPS) is 23.4. The fourth-order valence-electron chi connectivity index (χ4n) is 4.04. The minimum absolute atomic E-state index is 0.125. The predicted octanol–water partition coefficient (Wildman–Crippen LogP) is 4.36. The first-order chi connectivity index (χ1) is 12.1.